The average molecular weight is 320 g/mol. The Balaban J connectivity index is 1.83. The van der Waals surface area contributed by atoms with Gasteiger partial charge in [-0.05, 0) is 72.7 Å². The maximum atomic E-state index is 11.1. The first-order valence-corrected chi connectivity index (χ1v) is 9.35. The molecule has 4 aliphatic rings. The minimum atomic E-state index is -0.477. The van der Waals surface area contributed by atoms with Gasteiger partial charge in [-0.25, -0.2) is 0 Å². The second-order valence-electron chi connectivity index (χ2n) is 10.0. The first-order valence-electron chi connectivity index (χ1n) is 9.35. The van der Waals surface area contributed by atoms with Gasteiger partial charge in [-0.3, -0.25) is 0 Å². The Hall–Kier alpha value is -0.380. The van der Waals surface area contributed by atoms with Crippen LogP contribution in [-0.4, -0.2) is 33.6 Å². The molecule has 0 saturated heterocycles. The fraction of sp³-hybridized carbons (Fsp3) is 0.900. The summed E-state index contributed by atoms with van der Waals surface area (Å²) in [6.45, 7) is 10.9. The van der Waals surface area contributed by atoms with E-state index in [0.29, 0.717) is 18.3 Å². The van der Waals surface area contributed by atoms with Crippen LogP contribution in [0.5, 0.6) is 0 Å². The lowest BCUT2D eigenvalue weighted by Gasteiger charge is -2.66. The van der Waals surface area contributed by atoms with Crippen molar-refractivity contribution in [2.45, 2.75) is 77.6 Å². The Bertz CT molecular complexity index is 541. The Morgan fingerprint density at radius 2 is 1.65 bits per heavy atom. The summed E-state index contributed by atoms with van der Waals surface area (Å²) in [5.74, 6) is 1.00. The molecule has 2 bridgehead atoms. The van der Waals surface area contributed by atoms with E-state index in [2.05, 4.69) is 27.4 Å². The van der Waals surface area contributed by atoms with Crippen LogP contribution >= 0.6 is 0 Å². The molecule has 8 atom stereocenters. The van der Waals surface area contributed by atoms with Gasteiger partial charge in [0.05, 0.1) is 18.3 Å². The molecule has 0 unspecified atom stereocenters. The molecule has 3 nitrogen and oxygen atoms in total. The van der Waals surface area contributed by atoms with Crippen LogP contribution in [0.2, 0.25) is 0 Å². The van der Waals surface area contributed by atoms with Crippen molar-refractivity contribution in [2.24, 2.45) is 34.0 Å². The van der Waals surface area contributed by atoms with Crippen molar-refractivity contribution >= 4 is 0 Å². The van der Waals surface area contributed by atoms with Gasteiger partial charge in [-0.2, -0.15) is 0 Å². The third-order valence-electron chi connectivity index (χ3n) is 8.30. The molecule has 4 rings (SSSR count). The van der Waals surface area contributed by atoms with E-state index in [9.17, 15) is 15.3 Å². The second-order valence-corrected chi connectivity index (χ2v) is 10.0. The Labute approximate surface area is 139 Å². The number of fused-ring (bicyclic) bond motifs is 3. The summed E-state index contributed by atoms with van der Waals surface area (Å²) in [7, 11) is 0. The van der Waals surface area contributed by atoms with Crippen molar-refractivity contribution < 1.29 is 15.3 Å². The quantitative estimate of drug-likeness (QED) is 0.602. The van der Waals surface area contributed by atoms with Crippen LogP contribution in [-0.2, 0) is 0 Å². The molecule has 1 spiro atoms. The maximum absolute atomic E-state index is 11.1. The Morgan fingerprint density at radius 1 is 0.957 bits per heavy atom. The first kappa shape index (κ1) is 16.1. The standard InChI is InChI=1S/C20H32O3/c1-11-12-5-6-15-19(4)9-13(21)8-18(2,3)16(19)14(22)10-20(15,7-12)17(11)23/h12-17,21-23H,1,5-10H2,2-4H3/t12-,13+,14+,15-,16+,17-,19-,20-/m0/s1. The zero-order chi connectivity index (χ0) is 16.8. The molecular weight excluding hydrogens is 288 g/mol. The summed E-state index contributed by atoms with van der Waals surface area (Å²) in [5.41, 5.74) is 0.621. The third-order valence-corrected chi connectivity index (χ3v) is 8.30. The van der Waals surface area contributed by atoms with E-state index in [4.69, 9.17) is 0 Å². The van der Waals surface area contributed by atoms with E-state index in [1.807, 2.05) is 0 Å². The van der Waals surface area contributed by atoms with Gasteiger partial charge in [0.25, 0.3) is 0 Å². The van der Waals surface area contributed by atoms with Crippen LogP contribution < -0.4 is 0 Å². The molecular formula is C20H32O3. The molecule has 0 aromatic carbocycles. The molecule has 4 saturated carbocycles. The minimum Gasteiger partial charge on any atom is -0.393 e. The Kier molecular flexibility index (Phi) is 3.23. The normalized spacial score (nSPS) is 57.7. The minimum absolute atomic E-state index is 0.0646. The van der Waals surface area contributed by atoms with Crippen LogP contribution in [0, 0.1) is 34.0 Å². The topological polar surface area (TPSA) is 60.7 Å². The van der Waals surface area contributed by atoms with Gasteiger partial charge < -0.3 is 15.3 Å². The van der Waals surface area contributed by atoms with Crippen LogP contribution in [0.1, 0.15) is 59.3 Å². The lowest BCUT2D eigenvalue weighted by molar-refractivity contribution is -0.229. The van der Waals surface area contributed by atoms with E-state index in [-0.39, 0.29) is 28.3 Å². The highest BCUT2D eigenvalue weighted by Gasteiger charge is 2.69. The van der Waals surface area contributed by atoms with Crippen LogP contribution in [0.3, 0.4) is 0 Å². The fourth-order valence-corrected chi connectivity index (χ4v) is 8.05. The highest BCUT2D eigenvalue weighted by Crippen LogP contribution is 2.71. The highest BCUT2D eigenvalue weighted by molar-refractivity contribution is 5.28. The predicted molar refractivity (Wildman–Crippen MR) is 89.7 cm³/mol. The van der Waals surface area contributed by atoms with E-state index < -0.39 is 12.2 Å². The van der Waals surface area contributed by atoms with Crippen molar-refractivity contribution in [3.63, 3.8) is 0 Å². The molecule has 3 N–H and O–H groups in total. The van der Waals surface area contributed by atoms with Gasteiger partial charge >= 0.3 is 0 Å². The lowest BCUT2D eigenvalue weighted by Crippen LogP contribution is -2.64. The maximum Gasteiger partial charge on any atom is 0.0810 e. The van der Waals surface area contributed by atoms with Crippen molar-refractivity contribution in [1.29, 1.82) is 0 Å². The van der Waals surface area contributed by atoms with Gasteiger partial charge in [-0.15, -0.1) is 0 Å². The van der Waals surface area contributed by atoms with Crippen molar-refractivity contribution in [1.82, 2.24) is 0 Å². The molecule has 0 radical (unpaired) electrons. The molecule has 0 aromatic rings. The summed E-state index contributed by atoms with van der Waals surface area (Å²) in [4.78, 5) is 0. The summed E-state index contributed by atoms with van der Waals surface area (Å²) >= 11 is 0. The molecule has 3 heteroatoms. The summed E-state index contributed by atoms with van der Waals surface area (Å²) in [6, 6.07) is 0. The average Bonchev–Trinajstić information content (AvgIpc) is 2.57. The van der Waals surface area contributed by atoms with Gasteiger partial charge in [0.15, 0.2) is 0 Å². The summed E-state index contributed by atoms with van der Waals surface area (Å²) in [5, 5.41) is 32.7. The van der Waals surface area contributed by atoms with E-state index in [1.165, 1.54) is 0 Å². The third kappa shape index (κ3) is 1.88. The van der Waals surface area contributed by atoms with Crippen LogP contribution in [0.25, 0.3) is 0 Å². The Morgan fingerprint density at radius 3 is 2.35 bits per heavy atom. The predicted octanol–water partition coefficient (Wildman–Crippen LogP) is 2.89. The van der Waals surface area contributed by atoms with E-state index in [1.54, 1.807) is 0 Å². The fourth-order valence-electron chi connectivity index (χ4n) is 8.05. The SMILES string of the molecule is C=C1[C@H]2CC[C@H]3[C@]4(C)C[C@H](O)CC(C)(C)[C@H]4[C@H](O)C[C@]3(C2)[C@H]1O. The molecule has 0 aliphatic heterocycles. The molecule has 130 valence electrons. The van der Waals surface area contributed by atoms with E-state index in [0.717, 1.165) is 37.7 Å². The number of aliphatic hydroxyl groups excluding tert-OH is 3. The molecule has 0 heterocycles. The number of hydrogen-bond donors (Lipinski definition) is 3. The number of rotatable bonds is 0. The van der Waals surface area contributed by atoms with Crippen molar-refractivity contribution in [3.8, 4) is 0 Å². The van der Waals surface area contributed by atoms with Crippen molar-refractivity contribution in [2.75, 3.05) is 0 Å². The number of hydrogen-bond acceptors (Lipinski definition) is 3. The smallest absolute Gasteiger partial charge is 0.0810 e. The van der Waals surface area contributed by atoms with Gasteiger partial charge in [-0.1, -0.05) is 27.4 Å². The number of aliphatic hydroxyl groups is 3. The monoisotopic (exact) mass is 320 g/mol. The van der Waals surface area contributed by atoms with Crippen molar-refractivity contribution in [3.05, 3.63) is 12.2 Å². The van der Waals surface area contributed by atoms with Crippen LogP contribution in [0.4, 0.5) is 0 Å². The van der Waals surface area contributed by atoms with Gasteiger partial charge in [0, 0.05) is 5.41 Å². The molecule has 4 fully saturated rings. The second kappa shape index (κ2) is 4.62. The first-order chi connectivity index (χ1) is 10.6. The van der Waals surface area contributed by atoms with E-state index >= 15 is 0 Å². The lowest BCUT2D eigenvalue weighted by atomic mass is 9.40. The van der Waals surface area contributed by atoms with Gasteiger partial charge in [0.2, 0.25) is 0 Å². The molecule has 23 heavy (non-hydrogen) atoms. The van der Waals surface area contributed by atoms with Crippen LogP contribution in [0.15, 0.2) is 12.2 Å². The highest BCUT2D eigenvalue weighted by atomic mass is 16.3. The largest absolute Gasteiger partial charge is 0.393 e. The zero-order valence-corrected chi connectivity index (χ0v) is 14.8. The molecule has 0 aromatic heterocycles. The summed E-state index contributed by atoms with van der Waals surface area (Å²) in [6.07, 6.45) is 4.25. The summed E-state index contributed by atoms with van der Waals surface area (Å²) < 4.78 is 0. The molecule has 4 aliphatic carbocycles. The van der Waals surface area contributed by atoms with Gasteiger partial charge in [0.1, 0.15) is 0 Å². The zero-order valence-electron chi connectivity index (χ0n) is 14.8. The molecule has 0 amide bonds.